The van der Waals surface area contributed by atoms with Crippen molar-refractivity contribution in [3.63, 3.8) is 0 Å². The number of likely N-dealkylation sites (tertiary alicyclic amines) is 1. The third kappa shape index (κ3) is 2.34. The van der Waals surface area contributed by atoms with Gasteiger partial charge in [-0.05, 0) is 20.3 Å². The number of imidazole rings is 1. The van der Waals surface area contributed by atoms with Gasteiger partial charge in [0.15, 0.2) is 0 Å². The molecule has 2 aliphatic rings. The Hall–Kier alpha value is -1.73. The van der Waals surface area contributed by atoms with Crippen LogP contribution in [0.1, 0.15) is 43.7 Å². The van der Waals surface area contributed by atoms with Crippen LogP contribution in [-0.2, 0) is 17.9 Å². The number of piperidine rings is 1. The molecule has 0 spiro atoms. The molecule has 2 aromatic heterocycles. The Balaban J connectivity index is 1.51. The zero-order valence-corrected chi connectivity index (χ0v) is 13.1. The average molecular weight is 302 g/mol. The van der Waals surface area contributed by atoms with Crippen LogP contribution in [0.25, 0.3) is 0 Å². The smallest absolute Gasteiger partial charge is 0.0951 e. The highest BCUT2D eigenvalue weighted by atomic mass is 16.5. The first-order valence-corrected chi connectivity index (χ1v) is 7.96. The third-order valence-corrected chi connectivity index (χ3v) is 4.70. The lowest BCUT2D eigenvalue weighted by molar-refractivity contribution is -0.0672. The van der Waals surface area contributed by atoms with E-state index >= 15 is 0 Å². The van der Waals surface area contributed by atoms with Gasteiger partial charge in [-0.15, -0.1) is 5.10 Å². The molecule has 4 rings (SSSR count). The summed E-state index contributed by atoms with van der Waals surface area (Å²) >= 11 is 0. The second kappa shape index (κ2) is 5.48. The topological polar surface area (TPSA) is 61.0 Å². The molecule has 0 unspecified atom stereocenters. The summed E-state index contributed by atoms with van der Waals surface area (Å²) < 4.78 is 10.3. The lowest BCUT2D eigenvalue weighted by Gasteiger charge is -2.41. The number of aromatic nitrogens is 5. The summed E-state index contributed by atoms with van der Waals surface area (Å²) in [7, 11) is 0. The number of nitrogens with zero attached hydrogens (tertiary/aromatic N) is 6. The van der Waals surface area contributed by atoms with Crippen LogP contribution in [0, 0.1) is 0 Å². The summed E-state index contributed by atoms with van der Waals surface area (Å²) in [5.74, 6) is 0. The molecule has 0 radical (unpaired) electrons. The van der Waals surface area contributed by atoms with Gasteiger partial charge in [-0.1, -0.05) is 5.21 Å². The zero-order valence-electron chi connectivity index (χ0n) is 13.1. The third-order valence-electron chi connectivity index (χ3n) is 4.70. The van der Waals surface area contributed by atoms with Gasteiger partial charge in [0, 0.05) is 31.9 Å². The van der Waals surface area contributed by atoms with Crippen LogP contribution in [0.4, 0.5) is 0 Å². The van der Waals surface area contributed by atoms with Crippen LogP contribution in [-0.4, -0.2) is 48.6 Å². The number of ether oxygens (including phenoxy) is 1. The van der Waals surface area contributed by atoms with Crippen molar-refractivity contribution in [2.45, 2.75) is 51.6 Å². The highest BCUT2D eigenvalue weighted by Crippen LogP contribution is 2.30. The molecule has 0 bridgehead atoms. The van der Waals surface area contributed by atoms with Crippen molar-refractivity contribution < 1.29 is 4.74 Å². The fourth-order valence-electron chi connectivity index (χ4n) is 3.54. The van der Waals surface area contributed by atoms with Crippen LogP contribution in [0.2, 0.25) is 0 Å². The maximum atomic E-state index is 5.97. The molecule has 7 heteroatoms. The molecule has 2 aliphatic heterocycles. The van der Waals surface area contributed by atoms with Crippen molar-refractivity contribution in [3.05, 3.63) is 30.1 Å². The van der Waals surface area contributed by atoms with Crippen LogP contribution in [0.5, 0.6) is 0 Å². The zero-order chi connectivity index (χ0) is 15.1. The molecule has 1 saturated heterocycles. The molecule has 22 heavy (non-hydrogen) atoms. The molecule has 7 nitrogen and oxygen atoms in total. The number of hydrogen-bond acceptors (Lipinski definition) is 5. The highest BCUT2D eigenvalue weighted by molar-refractivity contribution is 5.04. The van der Waals surface area contributed by atoms with Gasteiger partial charge in [0.1, 0.15) is 0 Å². The first-order valence-electron chi connectivity index (χ1n) is 7.96. The first kappa shape index (κ1) is 13.9. The normalized spacial score (nSPS) is 25.2. The summed E-state index contributed by atoms with van der Waals surface area (Å²) in [6.07, 6.45) is 7.01. The molecule has 0 aliphatic carbocycles. The molecule has 118 valence electrons. The van der Waals surface area contributed by atoms with Crippen LogP contribution >= 0.6 is 0 Å². The monoisotopic (exact) mass is 302 g/mol. The van der Waals surface area contributed by atoms with E-state index in [0.717, 1.165) is 31.7 Å². The predicted octanol–water partition coefficient (Wildman–Crippen LogP) is 1.40. The van der Waals surface area contributed by atoms with Crippen molar-refractivity contribution >= 4 is 0 Å². The van der Waals surface area contributed by atoms with E-state index in [1.165, 1.54) is 5.69 Å². The summed E-state index contributed by atoms with van der Waals surface area (Å²) in [4.78, 5) is 6.77. The Kier molecular flexibility index (Phi) is 3.46. The van der Waals surface area contributed by atoms with E-state index in [0.29, 0.717) is 12.6 Å². The van der Waals surface area contributed by atoms with Crippen LogP contribution in [0.15, 0.2) is 18.7 Å². The maximum absolute atomic E-state index is 5.97. The second-order valence-electron chi connectivity index (χ2n) is 6.50. The Morgan fingerprint density at radius 2 is 2.27 bits per heavy atom. The van der Waals surface area contributed by atoms with E-state index in [9.17, 15) is 0 Å². The molecular formula is C15H22N6O. The van der Waals surface area contributed by atoms with E-state index in [-0.39, 0.29) is 12.1 Å². The molecule has 0 saturated carbocycles. The standard InChI is InChI=1S/C15H22N6O/c1-11(2)20-10-16-5-12(20)7-19-4-3-15-14(8-19)21-13(9-22-15)6-17-18-21/h5-6,10-11,14-15H,3-4,7-9H2,1-2H3/t14-,15+/m1/s1. The number of rotatable bonds is 3. The molecule has 0 amide bonds. The summed E-state index contributed by atoms with van der Waals surface area (Å²) in [5.41, 5.74) is 2.35. The van der Waals surface area contributed by atoms with Gasteiger partial charge in [0.25, 0.3) is 0 Å². The SMILES string of the molecule is CC(C)n1cncc1CN1CC[C@@H]2OCc3cnnn3[C@@H]2C1. The molecule has 4 heterocycles. The van der Waals surface area contributed by atoms with Gasteiger partial charge in [-0.2, -0.15) is 0 Å². The predicted molar refractivity (Wildman–Crippen MR) is 80.1 cm³/mol. The van der Waals surface area contributed by atoms with Crippen LogP contribution in [0.3, 0.4) is 0 Å². The minimum atomic E-state index is 0.264. The molecule has 2 aromatic rings. The van der Waals surface area contributed by atoms with Crippen molar-refractivity contribution in [2.75, 3.05) is 13.1 Å². The molecule has 2 atom stereocenters. The van der Waals surface area contributed by atoms with Gasteiger partial charge in [-0.3, -0.25) is 4.90 Å². The Morgan fingerprint density at radius 1 is 1.36 bits per heavy atom. The second-order valence-corrected chi connectivity index (χ2v) is 6.50. The largest absolute Gasteiger partial charge is 0.370 e. The Morgan fingerprint density at radius 3 is 3.14 bits per heavy atom. The van der Waals surface area contributed by atoms with E-state index in [2.05, 4.69) is 43.3 Å². The lowest BCUT2D eigenvalue weighted by Crippen LogP contribution is -2.47. The molecular weight excluding hydrogens is 280 g/mol. The molecule has 0 N–H and O–H groups in total. The number of fused-ring (bicyclic) bond motifs is 3. The van der Waals surface area contributed by atoms with Gasteiger partial charge in [0.05, 0.1) is 42.7 Å². The average Bonchev–Trinajstić information content (AvgIpc) is 3.15. The highest BCUT2D eigenvalue weighted by Gasteiger charge is 2.36. The van der Waals surface area contributed by atoms with Gasteiger partial charge >= 0.3 is 0 Å². The minimum Gasteiger partial charge on any atom is -0.370 e. The Labute approximate surface area is 129 Å². The number of hydrogen-bond donors (Lipinski definition) is 0. The van der Waals surface area contributed by atoms with Gasteiger partial charge < -0.3 is 9.30 Å². The first-order chi connectivity index (χ1) is 10.7. The van der Waals surface area contributed by atoms with Gasteiger partial charge in [-0.25, -0.2) is 9.67 Å². The summed E-state index contributed by atoms with van der Waals surface area (Å²) in [6.45, 7) is 7.93. The van der Waals surface area contributed by atoms with Crippen LogP contribution < -0.4 is 0 Å². The summed E-state index contributed by atoms with van der Waals surface area (Å²) in [5, 5.41) is 8.29. The lowest BCUT2D eigenvalue weighted by atomic mass is 10.0. The maximum Gasteiger partial charge on any atom is 0.0951 e. The summed E-state index contributed by atoms with van der Waals surface area (Å²) in [6, 6.07) is 0.713. The van der Waals surface area contributed by atoms with E-state index < -0.39 is 0 Å². The van der Waals surface area contributed by atoms with Crippen molar-refractivity contribution in [2.24, 2.45) is 0 Å². The van der Waals surface area contributed by atoms with E-state index in [4.69, 9.17) is 4.74 Å². The minimum absolute atomic E-state index is 0.264. The van der Waals surface area contributed by atoms with E-state index in [1.807, 2.05) is 18.7 Å². The van der Waals surface area contributed by atoms with E-state index in [1.54, 1.807) is 0 Å². The Bertz CT molecular complexity index is 648. The quantitative estimate of drug-likeness (QED) is 0.858. The molecule has 0 aromatic carbocycles. The molecule has 1 fully saturated rings. The van der Waals surface area contributed by atoms with Crippen molar-refractivity contribution in [3.8, 4) is 0 Å². The fraction of sp³-hybridized carbons (Fsp3) is 0.667. The van der Waals surface area contributed by atoms with Gasteiger partial charge in [0.2, 0.25) is 0 Å². The van der Waals surface area contributed by atoms with Crippen molar-refractivity contribution in [1.82, 2.24) is 29.4 Å². The fourth-order valence-corrected chi connectivity index (χ4v) is 3.54. The van der Waals surface area contributed by atoms with Crippen molar-refractivity contribution in [1.29, 1.82) is 0 Å².